The zero-order chi connectivity index (χ0) is 11.1. The van der Waals surface area contributed by atoms with E-state index in [4.69, 9.17) is 16.3 Å². The summed E-state index contributed by atoms with van der Waals surface area (Å²) in [7, 11) is 0. The highest BCUT2D eigenvalue weighted by molar-refractivity contribution is 6.19. The van der Waals surface area contributed by atoms with E-state index in [0.29, 0.717) is 24.5 Å². The van der Waals surface area contributed by atoms with Crippen LogP contribution >= 0.6 is 11.6 Å². The molecule has 2 nitrogen and oxygen atoms in total. The average molecular weight is 225 g/mol. The van der Waals surface area contributed by atoms with Crippen molar-refractivity contribution in [1.82, 2.24) is 0 Å². The van der Waals surface area contributed by atoms with Crippen molar-refractivity contribution in [2.45, 2.75) is 6.42 Å². The average Bonchev–Trinajstić information content (AvgIpc) is 2.27. The number of carbonyl (C=O) groups is 1. The molecule has 15 heavy (non-hydrogen) atoms. The number of Topliss-reactive ketones (excluding diaryl/α,β-unsaturated/α-hetero) is 1. The first-order valence-corrected chi connectivity index (χ1v) is 5.24. The summed E-state index contributed by atoms with van der Waals surface area (Å²) in [5.74, 6) is 1.14. The molecule has 0 aromatic heterocycles. The molecule has 0 spiro atoms. The van der Waals surface area contributed by atoms with Crippen LogP contribution in [0.15, 0.2) is 36.9 Å². The van der Waals surface area contributed by atoms with Gasteiger partial charge < -0.3 is 4.74 Å². The number of ether oxygens (including phenoxy) is 1. The highest BCUT2D eigenvalue weighted by Gasteiger charge is 2.04. The first-order chi connectivity index (χ1) is 7.27. The Morgan fingerprint density at radius 2 is 2.07 bits per heavy atom. The predicted molar refractivity (Wildman–Crippen MR) is 61.8 cm³/mol. The first kappa shape index (κ1) is 11.8. The summed E-state index contributed by atoms with van der Waals surface area (Å²) < 4.78 is 5.29. The van der Waals surface area contributed by atoms with E-state index in [1.165, 1.54) is 0 Å². The Labute approximate surface area is 94.5 Å². The lowest BCUT2D eigenvalue weighted by atomic mass is 10.1. The molecule has 1 aromatic carbocycles. The Bertz CT molecular complexity index is 330. The number of hydrogen-bond acceptors (Lipinski definition) is 2. The van der Waals surface area contributed by atoms with Crippen LogP contribution in [0.25, 0.3) is 0 Å². The molecule has 0 aliphatic heterocycles. The summed E-state index contributed by atoms with van der Waals surface area (Å²) >= 11 is 5.49. The molecule has 0 N–H and O–H groups in total. The monoisotopic (exact) mass is 224 g/mol. The third-order valence-corrected chi connectivity index (χ3v) is 2.05. The largest absolute Gasteiger partial charge is 0.490 e. The number of benzene rings is 1. The van der Waals surface area contributed by atoms with Crippen LogP contribution in [0.4, 0.5) is 0 Å². The highest BCUT2D eigenvalue weighted by Crippen LogP contribution is 2.13. The smallest absolute Gasteiger partial charge is 0.164 e. The lowest BCUT2D eigenvalue weighted by Gasteiger charge is -2.03. The van der Waals surface area contributed by atoms with Gasteiger partial charge in [-0.05, 0) is 24.3 Å². The number of hydrogen-bond donors (Lipinski definition) is 0. The molecule has 0 atom stereocenters. The molecule has 0 aliphatic rings. The number of rotatable bonds is 6. The van der Waals surface area contributed by atoms with Crippen molar-refractivity contribution in [3.8, 4) is 5.75 Å². The maximum absolute atomic E-state index is 11.4. The lowest BCUT2D eigenvalue weighted by Crippen LogP contribution is -2.00. The van der Waals surface area contributed by atoms with Crippen molar-refractivity contribution in [1.29, 1.82) is 0 Å². The van der Waals surface area contributed by atoms with E-state index in [1.807, 2.05) is 0 Å². The van der Waals surface area contributed by atoms with Crippen LogP contribution in [0.1, 0.15) is 16.8 Å². The Balaban J connectivity index is 2.63. The van der Waals surface area contributed by atoms with Gasteiger partial charge in [0.05, 0.1) is 0 Å². The maximum atomic E-state index is 11.4. The molecule has 0 heterocycles. The number of halogens is 1. The predicted octanol–water partition coefficient (Wildman–Crippen LogP) is 3.06. The summed E-state index contributed by atoms with van der Waals surface area (Å²) in [6.45, 7) is 4.02. The van der Waals surface area contributed by atoms with Gasteiger partial charge in [0.25, 0.3) is 0 Å². The Kier molecular flexibility index (Phi) is 4.91. The molecule has 3 heteroatoms. The highest BCUT2D eigenvalue weighted by atomic mass is 35.5. The van der Waals surface area contributed by atoms with Gasteiger partial charge in [-0.1, -0.05) is 12.7 Å². The van der Waals surface area contributed by atoms with Crippen molar-refractivity contribution in [2.75, 3.05) is 12.5 Å². The van der Waals surface area contributed by atoms with Gasteiger partial charge in [0.1, 0.15) is 12.4 Å². The third-order valence-electron chi connectivity index (χ3n) is 1.87. The van der Waals surface area contributed by atoms with Gasteiger partial charge in [0.15, 0.2) is 5.78 Å². The Morgan fingerprint density at radius 1 is 1.40 bits per heavy atom. The van der Waals surface area contributed by atoms with Gasteiger partial charge in [0.2, 0.25) is 0 Å². The quantitative estimate of drug-likeness (QED) is 0.422. The van der Waals surface area contributed by atoms with E-state index in [2.05, 4.69) is 6.58 Å². The normalized spacial score (nSPS) is 9.67. The molecule has 0 radical (unpaired) electrons. The van der Waals surface area contributed by atoms with Gasteiger partial charge in [-0.15, -0.1) is 11.6 Å². The van der Waals surface area contributed by atoms with Crippen LogP contribution in [0.5, 0.6) is 5.75 Å². The second-order valence-electron chi connectivity index (χ2n) is 2.99. The molecular formula is C12H13ClO2. The minimum atomic E-state index is 0.0558. The Morgan fingerprint density at radius 3 is 2.60 bits per heavy atom. The molecule has 0 fully saturated rings. The lowest BCUT2D eigenvalue weighted by molar-refractivity contribution is 0.0989. The number of ketones is 1. The number of carbonyl (C=O) groups excluding carboxylic acids is 1. The minimum absolute atomic E-state index is 0.0558. The van der Waals surface area contributed by atoms with Crippen molar-refractivity contribution >= 4 is 17.4 Å². The fourth-order valence-corrected chi connectivity index (χ4v) is 1.29. The summed E-state index contributed by atoms with van der Waals surface area (Å²) in [5.41, 5.74) is 0.668. The van der Waals surface area contributed by atoms with E-state index >= 15 is 0 Å². The molecule has 0 amide bonds. The second-order valence-corrected chi connectivity index (χ2v) is 3.36. The molecule has 0 saturated heterocycles. The van der Waals surface area contributed by atoms with E-state index in [9.17, 15) is 4.79 Å². The van der Waals surface area contributed by atoms with Crippen LogP contribution in [-0.4, -0.2) is 18.3 Å². The van der Waals surface area contributed by atoms with Crippen molar-refractivity contribution in [3.63, 3.8) is 0 Å². The fraction of sp³-hybridized carbons (Fsp3) is 0.250. The van der Waals surface area contributed by atoms with Crippen LogP contribution in [0, 0.1) is 0 Å². The van der Waals surface area contributed by atoms with Gasteiger partial charge in [-0.25, -0.2) is 0 Å². The molecular weight excluding hydrogens is 212 g/mol. The SMILES string of the molecule is C=CCOc1ccc(C(=O)CCCl)cc1. The van der Waals surface area contributed by atoms with Crippen LogP contribution in [-0.2, 0) is 0 Å². The van der Waals surface area contributed by atoms with Gasteiger partial charge in [-0.2, -0.15) is 0 Å². The Hall–Kier alpha value is -1.28. The minimum Gasteiger partial charge on any atom is -0.490 e. The van der Waals surface area contributed by atoms with E-state index in [1.54, 1.807) is 30.3 Å². The van der Waals surface area contributed by atoms with Crippen LogP contribution in [0.3, 0.4) is 0 Å². The summed E-state index contributed by atoms with van der Waals surface area (Å²) in [4.78, 5) is 11.4. The van der Waals surface area contributed by atoms with Gasteiger partial charge in [0, 0.05) is 17.9 Å². The zero-order valence-corrected chi connectivity index (χ0v) is 9.17. The second kappa shape index (κ2) is 6.25. The summed E-state index contributed by atoms with van der Waals surface area (Å²) in [5, 5.41) is 0. The van der Waals surface area contributed by atoms with Crippen molar-refractivity contribution < 1.29 is 9.53 Å². The molecule has 0 aliphatic carbocycles. The van der Waals surface area contributed by atoms with Crippen molar-refractivity contribution in [2.24, 2.45) is 0 Å². The molecule has 80 valence electrons. The zero-order valence-electron chi connectivity index (χ0n) is 8.41. The topological polar surface area (TPSA) is 26.3 Å². The molecule has 1 aromatic rings. The molecule has 0 unspecified atom stereocenters. The molecule has 0 saturated carbocycles. The van der Waals surface area contributed by atoms with Crippen molar-refractivity contribution in [3.05, 3.63) is 42.5 Å². The third kappa shape index (κ3) is 3.76. The van der Waals surface area contributed by atoms with Crippen LogP contribution < -0.4 is 4.74 Å². The fourth-order valence-electron chi connectivity index (χ4n) is 1.12. The molecule has 0 bridgehead atoms. The first-order valence-electron chi connectivity index (χ1n) is 4.71. The van der Waals surface area contributed by atoms with E-state index < -0.39 is 0 Å². The standard InChI is InChI=1S/C12H13ClO2/c1-2-9-15-11-5-3-10(4-6-11)12(14)7-8-13/h2-6H,1,7-9H2. The summed E-state index contributed by atoms with van der Waals surface area (Å²) in [6.07, 6.45) is 2.04. The maximum Gasteiger partial charge on any atom is 0.164 e. The summed E-state index contributed by atoms with van der Waals surface area (Å²) in [6, 6.07) is 7.02. The van der Waals surface area contributed by atoms with E-state index in [-0.39, 0.29) is 5.78 Å². The number of alkyl halides is 1. The van der Waals surface area contributed by atoms with Gasteiger partial charge in [-0.3, -0.25) is 4.79 Å². The molecule has 1 rings (SSSR count). The van der Waals surface area contributed by atoms with Gasteiger partial charge >= 0.3 is 0 Å². The van der Waals surface area contributed by atoms with E-state index in [0.717, 1.165) is 5.75 Å². The van der Waals surface area contributed by atoms with Crippen LogP contribution in [0.2, 0.25) is 0 Å².